The molecule has 0 unspecified atom stereocenters. The molecule has 4 rings (SSSR count). The first-order valence-electron chi connectivity index (χ1n) is 8.40. The Labute approximate surface area is 153 Å². The zero-order valence-electron chi connectivity index (χ0n) is 14.3. The highest BCUT2D eigenvalue weighted by atomic mass is 16.4. The summed E-state index contributed by atoms with van der Waals surface area (Å²) in [4.78, 5) is 32.1. The molecule has 3 aromatic heterocycles. The average molecular weight is 364 g/mol. The topological polar surface area (TPSA) is 108 Å². The fourth-order valence-corrected chi connectivity index (χ4v) is 2.77. The maximum absolute atomic E-state index is 12.1. The number of amides is 1. The number of rotatable bonds is 6. The predicted molar refractivity (Wildman–Crippen MR) is 97.5 cm³/mol. The number of anilines is 1. The lowest BCUT2D eigenvalue weighted by molar-refractivity contribution is -0.116. The van der Waals surface area contributed by atoms with Gasteiger partial charge in [0.2, 0.25) is 5.91 Å². The van der Waals surface area contributed by atoms with Crippen LogP contribution in [0.3, 0.4) is 0 Å². The van der Waals surface area contributed by atoms with Crippen LogP contribution in [0.5, 0.6) is 0 Å². The van der Waals surface area contributed by atoms with Crippen molar-refractivity contribution in [3.8, 4) is 5.82 Å². The van der Waals surface area contributed by atoms with Crippen LogP contribution in [0.1, 0.15) is 12.8 Å². The molecule has 1 amide bonds. The quantitative estimate of drug-likeness (QED) is 0.560. The summed E-state index contributed by atoms with van der Waals surface area (Å²) in [6.45, 7) is 0.409. The third-order valence-electron chi connectivity index (χ3n) is 4.04. The monoisotopic (exact) mass is 364 g/mol. The maximum atomic E-state index is 12.1. The molecule has 0 aliphatic heterocycles. The van der Waals surface area contributed by atoms with E-state index < -0.39 is 5.76 Å². The average Bonchev–Trinajstić information content (AvgIpc) is 3.31. The number of nitrogens with one attached hydrogen (secondary N) is 1. The predicted octanol–water partition coefficient (Wildman–Crippen LogP) is 1.99. The van der Waals surface area contributed by atoms with E-state index in [1.807, 2.05) is 18.2 Å². The molecule has 0 radical (unpaired) electrons. The van der Waals surface area contributed by atoms with Crippen molar-refractivity contribution in [3.05, 3.63) is 65.8 Å². The van der Waals surface area contributed by atoms with Gasteiger partial charge in [-0.15, -0.1) is 0 Å². The van der Waals surface area contributed by atoms with Crippen LogP contribution in [0.4, 0.5) is 5.69 Å². The molecule has 0 atom stereocenters. The smallest absolute Gasteiger partial charge is 0.408 e. The lowest BCUT2D eigenvalue weighted by Gasteiger charge is -2.06. The Morgan fingerprint density at radius 3 is 2.85 bits per heavy atom. The Balaban J connectivity index is 1.33. The van der Waals surface area contributed by atoms with Gasteiger partial charge in [-0.05, 0) is 30.7 Å². The molecule has 0 saturated carbocycles. The van der Waals surface area contributed by atoms with Crippen molar-refractivity contribution in [1.82, 2.24) is 24.3 Å². The third kappa shape index (κ3) is 3.61. The van der Waals surface area contributed by atoms with Gasteiger partial charge in [0.25, 0.3) is 0 Å². The van der Waals surface area contributed by atoms with Crippen LogP contribution in [-0.2, 0) is 11.3 Å². The molecule has 27 heavy (non-hydrogen) atoms. The van der Waals surface area contributed by atoms with E-state index in [9.17, 15) is 9.59 Å². The van der Waals surface area contributed by atoms with Gasteiger partial charge in [-0.3, -0.25) is 9.36 Å². The molecule has 0 saturated heterocycles. The number of nitrogens with zero attached hydrogens (tertiary/aromatic N) is 5. The zero-order chi connectivity index (χ0) is 18.6. The summed E-state index contributed by atoms with van der Waals surface area (Å²) >= 11 is 0. The number of fused-ring (bicyclic) bond motifs is 1. The maximum Gasteiger partial charge on any atom is 0.419 e. The van der Waals surface area contributed by atoms with Crippen LogP contribution in [0.25, 0.3) is 16.9 Å². The second-order valence-electron chi connectivity index (χ2n) is 5.88. The van der Waals surface area contributed by atoms with Gasteiger partial charge in [0.15, 0.2) is 11.4 Å². The second kappa shape index (κ2) is 7.24. The fraction of sp³-hybridized carbons (Fsp3) is 0.167. The molecule has 1 N–H and O–H groups in total. The molecule has 9 heteroatoms. The molecule has 1 aromatic carbocycles. The second-order valence-corrected chi connectivity index (χ2v) is 5.88. The fourth-order valence-electron chi connectivity index (χ4n) is 2.77. The number of aryl methyl sites for hydroxylation is 1. The van der Waals surface area contributed by atoms with Crippen LogP contribution in [-0.4, -0.2) is 30.2 Å². The standard InChI is InChI=1S/C18H16N6O3/c25-17(22-13-7-8-16(20-10-13)24-12-19-11-21-24)6-3-9-23-14-4-1-2-5-15(14)27-18(23)26/h1-2,4-5,7-8,10-12H,3,6,9H2,(H,22,25). The number of aromatic nitrogens is 5. The van der Waals surface area contributed by atoms with Crippen molar-refractivity contribution >= 4 is 22.7 Å². The van der Waals surface area contributed by atoms with Gasteiger partial charge in [0, 0.05) is 13.0 Å². The number of hydrogen-bond acceptors (Lipinski definition) is 6. The van der Waals surface area contributed by atoms with E-state index in [-0.39, 0.29) is 12.3 Å². The molecule has 0 fully saturated rings. The minimum Gasteiger partial charge on any atom is -0.408 e. The Bertz CT molecular complexity index is 1110. The van der Waals surface area contributed by atoms with Gasteiger partial charge in [0.1, 0.15) is 12.7 Å². The number of pyridine rings is 1. The highest BCUT2D eigenvalue weighted by Crippen LogP contribution is 2.13. The van der Waals surface area contributed by atoms with Crippen molar-refractivity contribution in [3.63, 3.8) is 0 Å². The summed E-state index contributed by atoms with van der Waals surface area (Å²) in [6.07, 6.45) is 5.31. The van der Waals surface area contributed by atoms with Crippen molar-refractivity contribution in [1.29, 1.82) is 0 Å². The van der Waals surface area contributed by atoms with Crippen LogP contribution >= 0.6 is 0 Å². The number of hydrogen-bond donors (Lipinski definition) is 1. The van der Waals surface area contributed by atoms with E-state index >= 15 is 0 Å². The lowest BCUT2D eigenvalue weighted by atomic mass is 10.2. The van der Waals surface area contributed by atoms with E-state index in [1.54, 1.807) is 30.7 Å². The molecule has 3 heterocycles. The Hall–Kier alpha value is -3.75. The first kappa shape index (κ1) is 16.7. The molecule has 0 aliphatic rings. The highest BCUT2D eigenvalue weighted by Gasteiger charge is 2.09. The first-order chi connectivity index (χ1) is 13.2. The lowest BCUT2D eigenvalue weighted by Crippen LogP contribution is -2.17. The summed E-state index contributed by atoms with van der Waals surface area (Å²) in [5.41, 5.74) is 1.87. The van der Waals surface area contributed by atoms with Crippen LogP contribution in [0, 0.1) is 0 Å². The molecule has 0 spiro atoms. The minimum atomic E-state index is -0.412. The van der Waals surface area contributed by atoms with Gasteiger partial charge in [-0.25, -0.2) is 19.4 Å². The summed E-state index contributed by atoms with van der Waals surface area (Å²) in [5, 5.41) is 6.78. The number of carbonyl (C=O) groups is 1. The van der Waals surface area contributed by atoms with E-state index in [1.165, 1.54) is 15.6 Å². The molecule has 0 aliphatic carbocycles. The third-order valence-corrected chi connectivity index (χ3v) is 4.04. The van der Waals surface area contributed by atoms with Crippen molar-refractivity contribution < 1.29 is 9.21 Å². The Kier molecular flexibility index (Phi) is 4.48. The van der Waals surface area contributed by atoms with Gasteiger partial charge >= 0.3 is 5.76 Å². The molecule has 0 bridgehead atoms. The van der Waals surface area contributed by atoms with Crippen molar-refractivity contribution in [2.75, 3.05) is 5.32 Å². The van der Waals surface area contributed by atoms with Crippen LogP contribution in [0.2, 0.25) is 0 Å². The van der Waals surface area contributed by atoms with Crippen LogP contribution < -0.4 is 11.1 Å². The van der Waals surface area contributed by atoms with E-state index in [4.69, 9.17) is 4.42 Å². The van der Waals surface area contributed by atoms with Crippen LogP contribution in [0.15, 0.2) is 64.5 Å². The van der Waals surface area contributed by atoms with Gasteiger partial charge in [-0.1, -0.05) is 12.1 Å². The van der Waals surface area contributed by atoms with E-state index in [0.29, 0.717) is 30.1 Å². The molecular formula is C18H16N6O3. The Morgan fingerprint density at radius 2 is 2.07 bits per heavy atom. The van der Waals surface area contributed by atoms with E-state index in [0.717, 1.165) is 5.52 Å². The van der Waals surface area contributed by atoms with Gasteiger partial charge < -0.3 is 9.73 Å². The molecular weight excluding hydrogens is 348 g/mol. The highest BCUT2D eigenvalue weighted by molar-refractivity contribution is 5.90. The number of oxazole rings is 1. The number of para-hydroxylation sites is 2. The summed E-state index contributed by atoms with van der Waals surface area (Å²) in [5.74, 6) is 0.0485. The largest absolute Gasteiger partial charge is 0.419 e. The van der Waals surface area contributed by atoms with Gasteiger partial charge in [0.05, 0.1) is 17.4 Å². The summed E-state index contributed by atoms with van der Waals surface area (Å²) < 4.78 is 8.25. The number of benzene rings is 1. The number of carbonyl (C=O) groups excluding carboxylic acids is 1. The van der Waals surface area contributed by atoms with Crippen molar-refractivity contribution in [2.24, 2.45) is 0 Å². The Morgan fingerprint density at radius 1 is 1.19 bits per heavy atom. The van der Waals surface area contributed by atoms with Gasteiger partial charge in [-0.2, -0.15) is 5.10 Å². The van der Waals surface area contributed by atoms with Crippen molar-refractivity contribution in [2.45, 2.75) is 19.4 Å². The minimum absolute atomic E-state index is 0.147. The summed E-state index contributed by atoms with van der Waals surface area (Å²) in [7, 11) is 0. The summed E-state index contributed by atoms with van der Waals surface area (Å²) in [6, 6.07) is 10.7. The van der Waals surface area contributed by atoms with E-state index in [2.05, 4.69) is 20.4 Å². The normalized spacial score (nSPS) is 11.0. The molecule has 136 valence electrons. The first-order valence-corrected chi connectivity index (χ1v) is 8.40. The zero-order valence-corrected chi connectivity index (χ0v) is 14.3. The SMILES string of the molecule is O=C(CCCn1c(=O)oc2ccccc21)Nc1ccc(-n2cncn2)nc1. The molecule has 9 nitrogen and oxygen atoms in total. The molecule has 4 aromatic rings.